The van der Waals surface area contributed by atoms with E-state index in [1.807, 2.05) is 60.7 Å². The van der Waals surface area contributed by atoms with Crippen LogP contribution < -0.4 is 4.74 Å². The number of alkyl halides is 1. The van der Waals surface area contributed by atoms with Gasteiger partial charge < -0.3 is 9.15 Å². The van der Waals surface area contributed by atoms with E-state index in [4.69, 9.17) is 9.15 Å². The fourth-order valence-corrected chi connectivity index (χ4v) is 2.51. The molecule has 0 saturated carbocycles. The highest BCUT2D eigenvalue weighted by atomic mass is 79.9. The van der Waals surface area contributed by atoms with Gasteiger partial charge in [0.25, 0.3) is 0 Å². The second-order valence-electron chi connectivity index (χ2n) is 4.40. The summed E-state index contributed by atoms with van der Waals surface area (Å²) in [6, 6.07) is 19.7. The maximum absolute atomic E-state index is 5.77. The summed E-state index contributed by atoms with van der Waals surface area (Å²) in [5.74, 6) is 1.66. The molecule has 1 heterocycles. The predicted octanol–water partition coefficient (Wildman–Crippen LogP) is 5.56. The zero-order valence-corrected chi connectivity index (χ0v) is 12.3. The Hall–Kier alpha value is -2.00. The zero-order chi connectivity index (χ0) is 13.8. The van der Waals surface area contributed by atoms with Crippen LogP contribution in [0.2, 0.25) is 0 Å². The van der Waals surface area contributed by atoms with Crippen LogP contribution >= 0.6 is 15.9 Å². The molecular formula is C17H13BrO2. The van der Waals surface area contributed by atoms with Gasteiger partial charge in [0.05, 0.1) is 17.4 Å². The van der Waals surface area contributed by atoms with Gasteiger partial charge in [0.1, 0.15) is 11.5 Å². The maximum atomic E-state index is 5.77. The molecule has 2 aromatic carbocycles. The molecule has 100 valence electrons. The van der Waals surface area contributed by atoms with Gasteiger partial charge in [0.15, 0.2) is 0 Å². The Labute approximate surface area is 126 Å². The van der Waals surface area contributed by atoms with E-state index in [1.54, 1.807) is 12.5 Å². The standard InChI is InChI=1S/C17H13BrO2/c18-17(14-10-11-19-12-14)13-6-8-16(9-7-13)20-15-4-2-1-3-5-15/h1-12,17H. The van der Waals surface area contributed by atoms with Gasteiger partial charge in [-0.3, -0.25) is 0 Å². The molecule has 0 N–H and O–H groups in total. The molecule has 0 aliphatic carbocycles. The quantitative estimate of drug-likeness (QED) is 0.585. The van der Waals surface area contributed by atoms with E-state index in [0.29, 0.717) is 0 Å². The van der Waals surface area contributed by atoms with Crippen LogP contribution in [0.4, 0.5) is 0 Å². The van der Waals surface area contributed by atoms with Gasteiger partial charge in [-0.1, -0.05) is 46.3 Å². The number of furan rings is 1. The van der Waals surface area contributed by atoms with E-state index in [9.17, 15) is 0 Å². The Balaban J connectivity index is 1.75. The number of benzene rings is 2. The van der Waals surface area contributed by atoms with Crippen LogP contribution in [0.25, 0.3) is 0 Å². The number of halogens is 1. The lowest BCUT2D eigenvalue weighted by Crippen LogP contribution is -1.91. The molecule has 0 radical (unpaired) electrons. The van der Waals surface area contributed by atoms with E-state index in [2.05, 4.69) is 15.9 Å². The molecular weight excluding hydrogens is 316 g/mol. The molecule has 0 aliphatic heterocycles. The van der Waals surface area contributed by atoms with Crippen LogP contribution in [-0.4, -0.2) is 0 Å². The average Bonchev–Trinajstić information content (AvgIpc) is 3.03. The molecule has 3 rings (SSSR count). The van der Waals surface area contributed by atoms with Crippen molar-refractivity contribution < 1.29 is 9.15 Å². The largest absolute Gasteiger partial charge is 0.472 e. The van der Waals surface area contributed by atoms with Gasteiger partial charge in [-0.15, -0.1) is 0 Å². The van der Waals surface area contributed by atoms with Crippen LogP contribution in [0.3, 0.4) is 0 Å². The second kappa shape index (κ2) is 5.97. The monoisotopic (exact) mass is 328 g/mol. The summed E-state index contributed by atoms with van der Waals surface area (Å²) in [5.41, 5.74) is 2.26. The first-order valence-corrected chi connectivity index (χ1v) is 7.23. The third kappa shape index (κ3) is 2.94. The fraction of sp³-hybridized carbons (Fsp3) is 0.0588. The number of hydrogen-bond donors (Lipinski definition) is 0. The molecule has 0 saturated heterocycles. The number of para-hydroxylation sites is 1. The lowest BCUT2D eigenvalue weighted by atomic mass is 10.1. The summed E-state index contributed by atoms with van der Waals surface area (Å²) in [6.07, 6.45) is 3.42. The van der Waals surface area contributed by atoms with Crippen molar-refractivity contribution in [1.29, 1.82) is 0 Å². The number of hydrogen-bond acceptors (Lipinski definition) is 2. The minimum absolute atomic E-state index is 0.132. The Morgan fingerprint density at radius 1 is 0.800 bits per heavy atom. The van der Waals surface area contributed by atoms with Crippen molar-refractivity contribution in [2.45, 2.75) is 4.83 Å². The molecule has 0 amide bonds. The van der Waals surface area contributed by atoms with Gasteiger partial charge in [0.2, 0.25) is 0 Å². The molecule has 0 aliphatic rings. The van der Waals surface area contributed by atoms with E-state index in [-0.39, 0.29) is 4.83 Å². The molecule has 1 atom stereocenters. The van der Waals surface area contributed by atoms with Crippen LogP contribution in [-0.2, 0) is 0 Å². The van der Waals surface area contributed by atoms with Crippen LogP contribution in [0.1, 0.15) is 16.0 Å². The Morgan fingerprint density at radius 2 is 1.50 bits per heavy atom. The topological polar surface area (TPSA) is 22.4 Å². The average molecular weight is 329 g/mol. The summed E-state index contributed by atoms with van der Waals surface area (Å²) in [5, 5.41) is 0. The SMILES string of the molecule is BrC(c1ccc(Oc2ccccc2)cc1)c1ccoc1. The highest BCUT2D eigenvalue weighted by molar-refractivity contribution is 9.09. The Kier molecular flexibility index (Phi) is 3.88. The summed E-state index contributed by atoms with van der Waals surface area (Å²) in [4.78, 5) is 0.132. The van der Waals surface area contributed by atoms with Crippen molar-refractivity contribution in [2.24, 2.45) is 0 Å². The number of rotatable bonds is 4. The van der Waals surface area contributed by atoms with Gasteiger partial charge in [-0.25, -0.2) is 0 Å². The summed E-state index contributed by atoms with van der Waals surface area (Å²) >= 11 is 3.66. The van der Waals surface area contributed by atoms with Crippen molar-refractivity contribution in [3.05, 3.63) is 84.3 Å². The van der Waals surface area contributed by atoms with Gasteiger partial charge in [-0.05, 0) is 35.9 Å². The second-order valence-corrected chi connectivity index (χ2v) is 5.32. The van der Waals surface area contributed by atoms with E-state index >= 15 is 0 Å². The van der Waals surface area contributed by atoms with Crippen molar-refractivity contribution in [3.8, 4) is 11.5 Å². The highest BCUT2D eigenvalue weighted by Gasteiger charge is 2.11. The Bertz CT molecular complexity index is 645. The molecule has 1 aromatic heterocycles. The Morgan fingerprint density at radius 3 is 2.15 bits per heavy atom. The molecule has 0 spiro atoms. The van der Waals surface area contributed by atoms with Gasteiger partial charge in [0, 0.05) is 5.56 Å². The molecule has 3 aromatic rings. The molecule has 0 fully saturated rings. The molecule has 20 heavy (non-hydrogen) atoms. The molecule has 3 heteroatoms. The summed E-state index contributed by atoms with van der Waals surface area (Å²) in [7, 11) is 0. The molecule has 1 unspecified atom stereocenters. The minimum atomic E-state index is 0.132. The molecule has 2 nitrogen and oxygen atoms in total. The summed E-state index contributed by atoms with van der Waals surface area (Å²) < 4.78 is 10.9. The third-order valence-electron chi connectivity index (χ3n) is 2.99. The van der Waals surface area contributed by atoms with Crippen molar-refractivity contribution in [1.82, 2.24) is 0 Å². The first kappa shape index (κ1) is 13.0. The lowest BCUT2D eigenvalue weighted by Gasteiger charge is -2.10. The lowest BCUT2D eigenvalue weighted by molar-refractivity contribution is 0.482. The number of ether oxygens (including phenoxy) is 1. The maximum Gasteiger partial charge on any atom is 0.127 e. The zero-order valence-electron chi connectivity index (χ0n) is 10.7. The first-order valence-electron chi connectivity index (χ1n) is 6.32. The van der Waals surface area contributed by atoms with Gasteiger partial charge >= 0.3 is 0 Å². The van der Waals surface area contributed by atoms with E-state index < -0.39 is 0 Å². The minimum Gasteiger partial charge on any atom is -0.472 e. The van der Waals surface area contributed by atoms with Crippen LogP contribution in [0.5, 0.6) is 11.5 Å². The predicted molar refractivity (Wildman–Crippen MR) is 82.4 cm³/mol. The van der Waals surface area contributed by atoms with Crippen molar-refractivity contribution >= 4 is 15.9 Å². The fourth-order valence-electron chi connectivity index (χ4n) is 1.94. The van der Waals surface area contributed by atoms with Crippen molar-refractivity contribution in [3.63, 3.8) is 0 Å². The van der Waals surface area contributed by atoms with Crippen LogP contribution in [0, 0.1) is 0 Å². The smallest absolute Gasteiger partial charge is 0.127 e. The van der Waals surface area contributed by atoms with Gasteiger partial charge in [-0.2, -0.15) is 0 Å². The van der Waals surface area contributed by atoms with Crippen LogP contribution in [0.15, 0.2) is 77.6 Å². The van der Waals surface area contributed by atoms with E-state index in [1.165, 1.54) is 0 Å². The van der Waals surface area contributed by atoms with E-state index in [0.717, 1.165) is 22.6 Å². The normalized spacial score (nSPS) is 12.1. The highest BCUT2D eigenvalue weighted by Crippen LogP contribution is 2.32. The van der Waals surface area contributed by atoms with Crippen molar-refractivity contribution in [2.75, 3.05) is 0 Å². The summed E-state index contributed by atoms with van der Waals surface area (Å²) in [6.45, 7) is 0. The molecule has 0 bridgehead atoms. The third-order valence-corrected chi connectivity index (χ3v) is 4.04. The first-order chi connectivity index (χ1) is 9.83.